The fourth-order valence-corrected chi connectivity index (χ4v) is 9.65. The molecule has 2 heteroatoms. The first-order valence-corrected chi connectivity index (χ1v) is 17.3. The molecule has 0 saturated heterocycles. The Hall–Kier alpha value is -5.28. The summed E-state index contributed by atoms with van der Waals surface area (Å²) in [4.78, 5) is 0. The van der Waals surface area contributed by atoms with Crippen molar-refractivity contribution in [1.29, 1.82) is 0 Å². The quantitative estimate of drug-likeness (QED) is 0.185. The van der Waals surface area contributed by atoms with E-state index in [1.54, 1.807) is 0 Å². The van der Waals surface area contributed by atoms with E-state index in [4.69, 9.17) is 0 Å². The Labute approximate surface area is 274 Å². The number of thiophene rings is 2. The van der Waals surface area contributed by atoms with Crippen molar-refractivity contribution in [3.05, 3.63) is 158 Å². The van der Waals surface area contributed by atoms with Gasteiger partial charge in [0.25, 0.3) is 0 Å². The summed E-state index contributed by atoms with van der Waals surface area (Å²) < 4.78 is 5.56. The molecular weight excluding hydrogens is 593 g/mol. The van der Waals surface area contributed by atoms with Gasteiger partial charge in [0, 0.05) is 20.2 Å². The largest absolute Gasteiger partial charge is 0.134 e. The fraction of sp³-hybridized carbons (Fsp3) is 0. The van der Waals surface area contributed by atoms with Crippen LogP contribution in [0.25, 0.3) is 95.3 Å². The lowest BCUT2D eigenvalue weighted by atomic mass is 9.95. The Bertz CT molecular complexity index is 2780. The highest BCUT2D eigenvalue weighted by Crippen LogP contribution is 2.46. The van der Waals surface area contributed by atoms with Gasteiger partial charge in [-0.3, -0.25) is 0 Å². The van der Waals surface area contributed by atoms with Gasteiger partial charge in [0.2, 0.25) is 0 Å². The lowest BCUT2D eigenvalue weighted by Gasteiger charge is -2.09. The molecule has 0 atom stereocenters. The van der Waals surface area contributed by atoms with Crippen molar-refractivity contribution in [1.82, 2.24) is 0 Å². The van der Waals surface area contributed by atoms with Gasteiger partial charge in [0.15, 0.2) is 0 Å². The molecule has 2 aromatic heterocycles. The molecule has 214 valence electrons. The zero-order valence-electron chi connectivity index (χ0n) is 24.8. The Kier molecular flexibility index (Phi) is 5.72. The molecular formula is C44H26S2. The first-order chi connectivity index (χ1) is 22.7. The molecule has 0 aliphatic carbocycles. The van der Waals surface area contributed by atoms with E-state index in [0.29, 0.717) is 0 Å². The summed E-state index contributed by atoms with van der Waals surface area (Å²) in [5.74, 6) is 0. The minimum atomic E-state index is 1.23. The molecule has 10 aromatic rings. The van der Waals surface area contributed by atoms with E-state index >= 15 is 0 Å². The van der Waals surface area contributed by atoms with Gasteiger partial charge < -0.3 is 0 Å². The monoisotopic (exact) mass is 618 g/mol. The van der Waals surface area contributed by atoms with Crippen LogP contribution in [0, 0.1) is 0 Å². The standard InChI is InChI=1S/C44H26S2/c1-2-6-27(7-3-1)28-10-12-29(13-11-28)33-16-14-30-15-17-34(21-37(30)20-33)35-18-19-36-26-42-40(24-38(36)22-35)44-43(46-42)39-23-31-8-4-5-9-32(31)25-41(39)45-44/h1-26H. The first kappa shape index (κ1) is 26.0. The Morgan fingerprint density at radius 1 is 0.261 bits per heavy atom. The van der Waals surface area contributed by atoms with E-state index in [0.717, 1.165) is 0 Å². The van der Waals surface area contributed by atoms with E-state index < -0.39 is 0 Å². The molecule has 0 fully saturated rings. The lowest BCUT2D eigenvalue weighted by molar-refractivity contribution is 1.60. The number of hydrogen-bond acceptors (Lipinski definition) is 2. The molecule has 46 heavy (non-hydrogen) atoms. The van der Waals surface area contributed by atoms with Crippen LogP contribution in [0.4, 0.5) is 0 Å². The average Bonchev–Trinajstić information content (AvgIpc) is 3.64. The highest BCUT2D eigenvalue weighted by molar-refractivity contribution is 7.36. The van der Waals surface area contributed by atoms with Crippen LogP contribution in [0.2, 0.25) is 0 Å². The molecule has 0 aliphatic heterocycles. The highest BCUT2D eigenvalue weighted by atomic mass is 32.1. The zero-order valence-corrected chi connectivity index (χ0v) is 26.5. The van der Waals surface area contributed by atoms with Crippen LogP contribution in [0.15, 0.2) is 158 Å². The second-order valence-corrected chi connectivity index (χ2v) is 14.3. The Morgan fingerprint density at radius 3 is 1.26 bits per heavy atom. The van der Waals surface area contributed by atoms with Gasteiger partial charge in [-0.1, -0.05) is 115 Å². The smallest absolute Gasteiger partial charge is 0.0542 e. The topological polar surface area (TPSA) is 0 Å². The van der Waals surface area contributed by atoms with Crippen LogP contribution in [0.3, 0.4) is 0 Å². The van der Waals surface area contributed by atoms with Crippen LogP contribution >= 0.6 is 22.7 Å². The second-order valence-electron chi connectivity index (χ2n) is 12.2. The van der Waals surface area contributed by atoms with Crippen molar-refractivity contribution in [2.75, 3.05) is 0 Å². The van der Waals surface area contributed by atoms with Gasteiger partial charge >= 0.3 is 0 Å². The summed E-state index contributed by atoms with van der Waals surface area (Å²) >= 11 is 3.87. The number of benzene rings is 8. The molecule has 0 aliphatic rings. The molecule has 0 N–H and O–H groups in total. The molecule has 0 spiro atoms. The van der Waals surface area contributed by atoms with Gasteiger partial charge in [-0.15, -0.1) is 22.7 Å². The highest BCUT2D eigenvalue weighted by Gasteiger charge is 2.14. The van der Waals surface area contributed by atoms with Gasteiger partial charge in [-0.25, -0.2) is 0 Å². The molecule has 0 bridgehead atoms. The van der Waals surface area contributed by atoms with Gasteiger partial charge in [-0.2, -0.15) is 0 Å². The summed E-state index contributed by atoms with van der Waals surface area (Å²) in [5, 5.41) is 10.5. The molecule has 8 aromatic carbocycles. The normalized spacial score (nSPS) is 11.9. The van der Waals surface area contributed by atoms with Crippen molar-refractivity contribution >= 4 is 84.6 Å². The van der Waals surface area contributed by atoms with Crippen molar-refractivity contribution in [2.24, 2.45) is 0 Å². The summed E-state index contributed by atoms with van der Waals surface area (Å²) in [6, 6.07) is 58.3. The number of fused-ring (bicyclic) bond motifs is 8. The van der Waals surface area contributed by atoms with Crippen molar-refractivity contribution in [2.45, 2.75) is 0 Å². The predicted octanol–water partition coefficient (Wildman–Crippen LogP) is 13.7. The average molecular weight is 619 g/mol. The zero-order chi connectivity index (χ0) is 30.2. The first-order valence-electron chi connectivity index (χ1n) is 15.6. The number of hydrogen-bond donors (Lipinski definition) is 0. The predicted molar refractivity (Wildman–Crippen MR) is 204 cm³/mol. The molecule has 2 heterocycles. The van der Waals surface area contributed by atoms with Crippen LogP contribution in [0.1, 0.15) is 0 Å². The fourth-order valence-electron chi connectivity index (χ4n) is 6.96. The van der Waals surface area contributed by atoms with Gasteiger partial charge in [0.1, 0.15) is 0 Å². The van der Waals surface area contributed by atoms with Crippen molar-refractivity contribution in [3.8, 4) is 33.4 Å². The third-order valence-electron chi connectivity index (χ3n) is 9.41. The minimum Gasteiger partial charge on any atom is -0.134 e. The number of rotatable bonds is 3. The maximum Gasteiger partial charge on any atom is 0.0542 e. The maximum atomic E-state index is 2.42. The van der Waals surface area contributed by atoms with E-state index in [1.807, 2.05) is 22.7 Å². The van der Waals surface area contributed by atoms with Crippen LogP contribution in [-0.4, -0.2) is 0 Å². The van der Waals surface area contributed by atoms with Crippen molar-refractivity contribution in [3.63, 3.8) is 0 Å². The summed E-state index contributed by atoms with van der Waals surface area (Å²) in [6.45, 7) is 0. The van der Waals surface area contributed by atoms with E-state index in [1.165, 1.54) is 95.3 Å². The molecule has 0 radical (unpaired) electrons. The molecule has 10 rings (SSSR count). The van der Waals surface area contributed by atoms with Crippen LogP contribution in [0.5, 0.6) is 0 Å². The summed E-state index contributed by atoms with van der Waals surface area (Å²) in [5.41, 5.74) is 7.45. The molecule has 0 amide bonds. The summed E-state index contributed by atoms with van der Waals surface area (Å²) in [7, 11) is 0. The third kappa shape index (κ3) is 4.19. The van der Waals surface area contributed by atoms with Crippen LogP contribution in [-0.2, 0) is 0 Å². The van der Waals surface area contributed by atoms with E-state index in [-0.39, 0.29) is 0 Å². The lowest BCUT2D eigenvalue weighted by Crippen LogP contribution is -1.83. The maximum absolute atomic E-state index is 2.42. The van der Waals surface area contributed by atoms with Gasteiger partial charge in [-0.05, 0) is 108 Å². The van der Waals surface area contributed by atoms with E-state index in [2.05, 4.69) is 158 Å². The Balaban J connectivity index is 1.04. The summed E-state index contributed by atoms with van der Waals surface area (Å²) in [6.07, 6.45) is 0. The minimum absolute atomic E-state index is 1.23. The van der Waals surface area contributed by atoms with Gasteiger partial charge in [0.05, 0.1) is 9.40 Å². The second kappa shape index (κ2) is 10.1. The van der Waals surface area contributed by atoms with Crippen molar-refractivity contribution < 1.29 is 0 Å². The molecule has 0 nitrogen and oxygen atoms in total. The molecule has 0 unspecified atom stereocenters. The third-order valence-corrected chi connectivity index (χ3v) is 11.9. The van der Waals surface area contributed by atoms with Crippen LogP contribution < -0.4 is 0 Å². The Morgan fingerprint density at radius 2 is 0.652 bits per heavy atom. The van der Waals surface area contributed by atoms with E-state index in [9.17, 15) is 0 Å². The molecule has 0 saturated carbocycles. The SMILES string of the molecule is c1ccc(-c2ccc(-c3ccc4ccc(-c5ccc6cc7sc8c9cc%10ccccc%10cc9sc8c7cc6c5)cc4c3)cc2)cc1.